The topological polar surface area (TPSA) is 66.8 Å². The maximum atomic E-state index is 10.5. The predicted molar refractivity (Wildman–Crippen MR) is 54.2 cm³/mol. The Balaban J connectivity index is 0. The Morgan fingerprint density at radius 1 is 1.33 bits per heavy atom. The molecule has 0 spiro atoms. The third kappa shape index (κ3) is 6.36. The van der Waals surface area contributed by atoms with Crippen molar-refractivity contribution < 1.29 is 49.9 Å². The Hall–Kier alpha value is 0.170. The van der Waals surface area contributed by atoms with Crippen molar-refractivity contribution in [1.82, 2.24) is 0 Å². The minimum atomic E-state index is -4.42. The van der Waals surface area contributed by atoms with Crippen LogP contribution < -0.4 is 34.1 Å². The molecular formula is C9H14NaO4P. The molecule has 0 heterocycles. The molecule has 0 aliphatic rings. The van der Waals surface area contributed by atoms with Crippen molar-refractivity contribution in [1.29, 1.82) is 0 Å². The summed E-state index contributed by atoms with van der Waals surface area (Å²) >= 11 is 0. The number of phosphoric ester groups is 1. The minimum absolute atomic E-state index is 0. The van der Waals surface area contributed by atoms with Crippen molar-refractivity contribution in [2.45, 2.75) is 19.8 Å². The van der Waals surface area contributed by atoms with Gasteiger partial charge in [-0.15, -0.1) is 0 Å². The van der Waals surface area contributed by atoms with Gasteiger partial charge in [0, 0.05) is 0 Å². The number of aryl methyl sites for hydroxylation is 1. The van der Waals surface area contributed by atoms with E-state index in [-0.39, 0.29) is 36.7 Å². The van der Waals surface area contributed by atoms with Crippen molar-refractivity contribution in [2.75, 3.05) is 0 Å². The van der Waals surface area contributed by atoms with E-state index in [2.05, 4.69) is 11.4 Å². The number of hydrogen-bond donors (Lipinski definition) is 2. The van der Waals surface area contributed by atoms with Gasteiger partial charge in [-0.1, -0.05) is 25.5 Å². The van der Waals surface area contributed by atoms with Gasteiger partial charge in [0.05, 0.1) is 0 Å². The van der Waals surface area contributed by atoms with Crippen LogP contribution in [0.5, 0.6) is 5.75 Å². The zero-order chi connectivity index (χ0) is 10.6. The first kappa shape index (κ1) is 15.2. The molecule has 0 radical (unpaired) electrons. The van der Waals surface area contributed by atoms with E-state index in [1.54, 1.807) is 24.3 Å². The zero-order valence-electron chi connectivity index (χ0n) is 9.88. The van der Waals surface area contributed by atoms with Crippen LogP contribution in [0.4, 0.5) is 0 Å². The molecule has 6 heteroatoms. The second-order valence-corrected chi connectivity index (χ2v) is 4.14. The molecule has 15 heavy (non-hydrogen) atoms. The normalized spacial score (nSPS) is 10.6. The molecule has 1 aromatic rings. The Bertz CT molecular complexity index is 338. The van der Waals surface area contributed by atoms with E-state index < -0.39 is 7.82 Å². The smallest absolute Gasteiger partial charge is 1.00 e. The molecule has 2 N–H and O–H groups in total. The van der Waals surface area contributed by atoms with Crippen LogP contribution in [0.15, 0.2) is 24.3 Å². The fraction of sp³-hybridized carbons (Fsp3) is 0.333. The molecule has 0 saturated carbocycles. The maximum absolute atomic E-state index is 10.5. The molecule has 80 valence electrons. The quantitative estimate of drug-likeness (QED) is 0.535. The van der Waals surface area contributed by atoms with Gasteiger partial charge in [0.25, 0.3) is 0 Å². The molecule has 0 aromatic heterocycles. The molecule has 0 bridgehead atoms. The first-order valence-electron chi connectivity index (χ1n) is 4.35. The monoisotopic (exact) mass is 240 g/mol. The number of benzene rings is 1. The molecule has 1 rings (SSSR count). The number of hydrogen-bond acceptors (Lipinski definition) is 2. The Morgan fingerprint density at radius 2 is 1.87 bits per heavy atom. The predicted octanol–water partition coefficient (Wildman–Crippen LogP) is -0.773. The van der Waals surface area contributed by atoms with Crippen LogP contribution in [0, 0.1) is 0 Å². The molecule has 0 aliphatic heterocycles. The van der Waals surface area contributed by atoms with E-state index >= 15 is 0 Å². The van der Waals surface area contributed by atoms with Crippen molar-refractivity contribution in [3.8, 4) is 5.75 Å². The summed E-state index contributed by atoms with van der Waals surface area (Å²) in [4.78, 5) is 17.1. The molecule has 0 fully saturated rings. The molecule has 0 saturated heterocycles. The van der Waals surface area contributed by atoms with Crippen LogP contribution in [0.1, 0.15) is 20.3 Å². The standard InChI is InChI=1S/C9H13O4P.Na.H/c1-2-3-8-4-6-9(7-5-8)13-14(10,11)12;;/h4-7H,2-3H2,1H3,(H2,10,11,12);;/q;+1;-1. The fourth-order valence-corrected chi connectivity index (χ4v) is 1.54. The van der Waals surface area contributed by atoms with Crippen LogP contribution in [-0.4, -0.2) is 9.79 Å². The van der Waals surface area contributed by atoms with E-state index in [4.69, 9.17) is 9.79 Å². The average Bonchev–Trinajstić information content (AvgIpc) is 2.06. The first-order chi connectivity index (χ1) is 6.51. The third-order valence-electron chi connectivity index (χ3n) is 1.69. The summed E-state index contributed by atoms with van der Waals surface area (Å²) in [6, 6.07) is 6.72. The number of rotatable bonds is 4. The molecule has 0 amide bonds. The summed E-state index contributed by atoms with van der Waals surface area (Å²) in [5.41, 5.74) is 1.13. The van der Waals surface area contributed by atoms with Crippen molar-refractivity contribution in [3.63, 3.8) is 0 Å². The Labute approximate surface area is 113 Å². The van der Waals surface area contributed by atoms with Gasteiger partial charge < -0.3 is 5.95 Å². The van der Waals surface area contributed by atoms with Gasteiger partial charge in [-0.2, -0.15) is 0 Å². The van der Waals surface area contributed by atoms with Gasteiger partial charge in [0.15, 0.2) is 0 Å². The first-order valence-corrected chi connectivity index (χ1v) is 5.88. The molecule has 0 atom stereocenters. The van der Waals surface area contributed by atoms with Crippen LogP contribution in [-0.2, 0) is 11.0 Å². The zero-order valence-corrected chi connectivity index (χ0v) is 11.8. The summed E-state index contributed by atoms with van der Waals surface area (Å²) in [7, 11) is -4.42. The van der Waals surface area contributed by atoms with Crippen LogP contribution in [0.3, 0.4) is 0 Å². The SMILES string of the molecule is CCCc1ccc(OP(=O)(O)O)cc1.[H-].[Na+]. The largest absolute Gasteiger partial charge is 1.00 e. The Kier molecular flexibility index (Phi) is 6.76. The molecular weight excluding hydrogens is 226 g/mol. The summed E-state index contributed by atoms with van der Waals surface area (Å²) in [6.45, 7) is 2.07. The van der Waals surface area contributed by atoms with E-state index in [1.165, 1.54) is 0 Å². The molecule has 1 aromatic carbocycles. The minimum Gasteiger partial charge on any atom is -1.00 e. The maximum Gasteiger partial charge on any atom is 1.00 e. The van der Waals surface area contributed by atoms with Crippen LogP contribution >= 0.6 is 7.82 Å². The van der Waals surface area contributed by atoms with E-state index in [9.17, 15) is 4.57 Å². The van der Waals surface area contributed by atoms with Crippen molar-refractivity contribution >= 4 is 7.82 Å². The van der Waals surface area contributed by atoms with E-state index in [0.717, 1.165) is 18.4 Å². The molecule has 4 nitrogen and oxygen atoms in total. The molecule has 0 aliphatic carbocycles. The van der Waals surface area contributed by atoms with Crippen LogP contribution in [0.25, 0.3) is 0 Å². The second-order valence-electron chi connectivity index (χ2n) is 2.98. The van der Waals surface area contributed by atoms with E-state index in [0.29, 0.717) is 0 Å². The average molecular weight is 240 g/mol. The van der Waals surface area contributed by atoms with Gasteiger partial charge in [0.2, 0.25) is 0 Å². The summed E-state index contributed by atoms with van der Waals surface area (Å²) in [5, 5.41) is 0. The van der Waals surface area contributed by atoms with Gasteiger partial charge in [0.1, 0.15) is 5.75 Å². The van der Waals surface area contributed by atoms with E-state index in [1.807, 2.05) is 0 Å². The van der Waals surface area contributed by atoms with Gasteiger partial charge in [-0.3, -0.25) is 9.79 Å². The number of phosphoric acid groups is 1. The Morgan fingerprint density at radius 3 is 2.27 bits per heavy atom. The molecule has 0 unspecified atom stereocenters. The second kappa shape index (κ2) is 6.69. The summed E-state index contributed by atoms with van der Waals surface area (Å²) in [5.74, 6) is 0.193. The van der Waals surface area contributed by atoms with Gasteiger partial charge >= 0.3 is 37.4 Å². The van der Waals surface area contributed by atoms with Crippen molar-refractivity contribution in [2.24, 2.45) is 0 Å². The van der Waals surface area contributed by atoms with Crippen LogP contribution in [0.2, 0.25) is 0 Å². The summed E-state index contributed by atoms with van der Waals surface area (Å²) in [6.07, 6.45) is 1.99. The van der Waals surface area contributed by atoms with Crippen molar-refractivity contribution in [3.05, 3.63) is 29.8 Å². The fourth-order valence-electron chi connectivity index (χ4n) is 1.14. The third-order valence-corrected chi connectivity index (χ3v) is 2.14. The van der Waals surface area contributed by atoms with Gasteiger partial charge in [-0.05, 0) is 24.1 Å². The summed E-state index contributed by atoms with van der Waals surface area (Å²) < 4.78 is 14.9. The van der Waals surface area contributed by atoms with Gasteiger partial charge in [-0.25, -0.2) is 4.57 Å².